The van der Waals surface area contributed by atoms with Crippen molar-refractivity contribution in [2.24, 2.45) is 0 Å². The highest BCUT2D eigenvalue weighted by Crippen LogP contribution is 2.35. The molecule has 0 fully saturated rings. The number of benzene rings is 4. The average Bonchev–Trinajstić information content (AvgIpc) is 3.40. The summed E-state index contributed by atoms with van der Waals surface area (Å²) in [6.07, 6.45) is 27.5. The third-order valence-corrected chi connectivity index (χ3v) is 9.54. The Hall–Kier alpha value is -4.46. The Balaban J connectivity index is 1.27. The molecule has 6 rings (SSSR count). The molecule has 0 heterocycles. The van der Waals surface area contributed by atoms with E-state index in [4.69, 9.17) is 0 Å². The summed E-state index contributed by atoms with van der Waals surface area (Å²) in [5.74, 6) is 0. The maximum absolute atomic E-state index is 3.70. The molecule has 1 heteroatoms. The average molecular weight is 616 g/mol. The molecule has 0 amide bonds. The lowest BCUT2D eigenvalue weighted by molar-refractivity contribution is 0.681. The van der Waals surface area contributed by atoms with E-state index < -0.39 is 0 Å². The van der Waals surface area contributed by atoms with Gasteiger partial charge in [-0.25, -0.2) is 0 Å². The van der Waals surface area contributed by atoms with Crippen molar-refractivity contribution in [2.75, 3.05) is 6.54 Å². The van der Waals surface area contributed by atoms with Crippen LogP contribution in [-0.2, 0) is 13.0 Å². The Bertz CT molecular complexity index is 1860. The molecule has 2 aliphatic carbocycles. The molecular weight excluding hydrogens is 567 g/mol. The fourth-order valence-electron chi connectivity index (χ4n) is 7.14. The van der Waals surface area contributed by atoms with Crippen LogP contribution in [0.25, 0.3) is 21.9 Å². The van der Waals surface area contributed by atoms with Gasteiger partial charge in [0.15, 0.2) is 0 Å². The summed E-state index contributed by atoms with van der Waals surface area (Å²) in [7, 11) is 0. The van der Waals surface area contributed by atoms with E-state index in [9.17, 15) is 0 Å². The molecule has 0 unspecified atom stereocenters. The maximum atomic E-state index is 3.70. The fraction of sp³-hybridized carbons (Fsp3) is 0.261. The zero-order chi connectivity index (χ0) is 32.3. The first-order valence-corrected chi connectivity index (χ1v) is 17.7. The van der Waals surface area contributed by atoms with E-state index in [1.807, 2.05) is 0 Å². The molecule has 0 saturated carbocycles. The fourth-order valence-corrected chi connectivity index (χ4v) is 7.14. The van der Waals surface area contributed by atoms with Crippen LogP contribution in [0.15, 0.2) is 145 Å². The van der Waals surface area contributed by atoms with E-state index in [-0.39, 0.29) is 0 Å². The van der Waals surface area contributed by atoms with Crippen LogP contribution in [0, 0.1) is 0 Å². The molecule has 0 atom stereocenters. The van der Waals surface area contributed by atoms with Crippen LogP contribution >= 0.6 is 0 Å². The predicted octanol–water partition coefficient (Wildman–Crippen LogP) is 12.1. The highest BCUT2D eigenvalue weighted by molar-refractivity contribution is 5.99. The molecule has 0 radical (unpaired) electrons. The molecule has 238 valence electrons. The summed E-state index contributed by atoms with van der Waals surface area (Å²) in [4.78, 5) is 0. The van der Waals surface area contributed by atoms with Gasteiger partial charge in [-0.15, -0.1) is 0 Å². The van der Waals surface area contributed by atoms with E-state index in [0.717, 1.165) is 32.4 Å². The summed E-state index contributed by atoms with van der Waals surface area (Å²) in [6, 6.07) is 31.9. The highest BCUT2D eigenvalue weighted by Gasteiger charge is 2.15. The molecule has 0 bridgehead atoms. The molecule has 0 aliphatic heterocycles. The number of rotatable bonds is 11. The van der Waals surface area contributed by atoms with Gasteiger partial charge in [0, 0.05) is 13.1 Å². The first kappa shape index (κ1) is 32.5. The lowest BCUT2D eigenvalue weighted by Gasteiger charge is -2.18. The number of hydrogen-bond donors (Lipinski definition) is 1. The Morgan fingerprint density at radius 1 is 0.766 bits per heavy atom. The zero-order valence-electron chi connectivity index (χ0n) is 28.3. The summed E-state index contributed by atoms with van der Waals surface area (Å²) < 4.78 is 0. The van der Waals surface area contributed by atoms with Crippen molar-refractivity contribution < 1.29 is 0 Å². The van der Waals surface area contributed by atoms with Crippen molar-refractivity contribution in [3.8, 4) is 0 Å². The summed E-state index contributed by atoms with van der Waals surface area (Å²) >= 11 is 0. The third kappa shape index (κ3) is 8.10. The van der Waals surface area contributed by atoms with Gasteiger partial charge in [0.25, 0.3) is 0 Å². The van der Waals surface area contributed by atoms with Crippen LogP contribution in [0.4, 0.5) is 0 Å². The quantitative estimate of drug-likeness (QED) is 0.166. The van der Waals surface area contributed by atoms with Crippen molar-refractivity contribution in [1.29, 1.82) is 0 Å². The van der Waals surface area contributed by atoms with Crippen molar-refractivity contribution >= 4 is 21.9 Å². The molecule has 4 aromatic carbocycles. The first-order chi connectivity index (χ1) is 23.2. The second kappa shape index (κ2) is 16.4. The summed E-state index contributed by atoms with van der Waals surface area (Å²) in [5, 5.41) is 6.34. The van der Waals surface area contributed by atoms with Crippen LogP contribution in [0.3, 0.4) is 0 Å². The molecular formula is C46H49N. The van der Waals surface area contributed by atoms with Crippen LogP contribution in [0.5, 0.6) is 0 Å². The molecule has 47 heavy (non-hydrogen) atoms. The standard InChI is InChI=1S/C46H49N/c1-3-16-41(38-28-26-36(27-29-38)34-47-33-35-18-8-5-6-9-19-35)43-23-13-12-22-39(43)32-40-30-31-46(45-25-15-14-24-44(40)45)42(17-4-2)37-20-10-7-11-21-37/h4,7,10-18,20,22-31,47H,3,5-6,8-9,19,21,32-34H2,1-2H3/b17-4-,41-16-,42-37+. The van der Waals surface area contributed by atoms with Gasteiger partial charge >= 0.3 is 0 Å². The van der Waals surface area contributed by atoms with Crippen molar-refractivity contribution in [3.63, 3.8) is 0 Å². The zero-order valence-corrected chi connectivity index (χ0v) is 28.3. The number of nitrogens with one attached hydrogen (secondary N) is 1. The van der Waals surface area contributed by atoms with Gasteiger partial charge in [-0.1, -0.05) is 152 Å². The molecule has 0 aromatic heterocycles. The Morgan fingerprint density at radius 2 is 1.60 bits per heavy atom. The molecule has 0 saturated heterocycles. The normalized spacial score (nSPS) is 16.5. The lowest BCUT2D eigenvalue weighted by Crippen LogP contribution is -2.16. The number of allylic oxidation sites excluding steroid dienone is 10. The van der Waals surface area contributed by atoms with Gasteiger partial charge in [-0.3, -0.25) is 0 Å². The molecule has 4 aromatic rings. The summed E-state index contributed by atoms with van der Waals surface area (Å²) in [5.41, 5.74) is 13.6. The minimum Gasteiger partial charge on any atom is -0.309 e. The largest absolute Gasteiger partial charge is 0.309 e. The minimum atomic E-state index is 0.883. The van der Waals surface area contributed by atoms with E-state index in [2.05, 4.69) is 153 Å². The van der Waals surface area contributed by atoms with Crippen molar-refractivity contribution in [1.82, 2.24) is 5.32 Å². The van der Waals surface area contributed by atoms with Gasteiger partial charge in [-0.05, 0) is 113 Å². The Kier molecular flexibility index (Phi) is 11.3. The van der Waals surface area contributed by atoms with Crippen LogP contribution < -0.4 is 5.32 Å². The Morgan fingerprint density at radius 3 is 2.40 bits per heavy atom. The second-order valence-corrected chi connectivity index (χ2v) is 12.9. The van der Waals surface area contributed by atoms with E-state index in [0.29, 0.717) is 0 Å². The van der Waals surface area contributed by atoms with E-state index in [1.165, 1.54) is 93.0 Å². The topological polar surface area (TPSA) is 12.0 Å². The smallest absolute Gasteiger partial charge is 0.0208 e. The SMILES string of the molecule is C/C=C\C(=C1\C=CC=CC1)c1ccc(Cc2ccccc2/C(=C\CC)c2ccc(CNCC3=CCCCCC3)cc2)c2ccccc12. The molecule has 1 nitrogen and oxygen atoms in total. The highest BCUT2D eigenvalue weighted by atomic mass is 14.8. The minimum absolute atomic E-state index is 0.883. The number of fused-ring (bicyclic) bond motifs is 1. The predicted molar refractivity (Wildman–Crippen MR) is 205 cm³/mol. The molecule has 1 N–H and O–H groups in total. The van der Waals surface area contributed by atoms with Crippen molar-refractivity contribution in [3.05, 3.63) is 178 Å². The molecule has 2 aliphatic rings. The van der Waals surface area contributed by atoms with Crippen molar-refractivity contribution in [2.45, 2.75) is 71.8 Å². The Labute approximate surface area is 282 Å². The van der Waals surface area contributed by atoms with Gasteiger partial charge in [0.1, 0.15) is 0 Å². The maximum Gasteiger partial charge on any atom is 0.0208 e. The van der Waals surface area contributed by atoms with Gasteiger partial charge in [-0.2, -0.15) is 0 Å². The molecule has 0 spiro atoms. The lowest BCUT2D eigenvalue weighted by atomic mass is 9.86. The van der Waals surface area contributed by atoms with Gasteiger partial charge < -0.3 is 5.32 Å². The monoisotopic (exact) mass is 615 g/mol. The van der Waals surface area contributed by atoms with Gasteiger partial charge in [0.2, 0.25) is 0 Å². The van der Waals surface area contributed by atoms with Crippen LogP contribution in [0.1, 0.15) is 92.2 Å². The summed E-state index contributed by atoms with van der Waals surface area (Å²) in [6.45, 7) is 6.26. The van der Waals surface area contributed by atoms with Crippen LogP contribution in [0.2, 0.25) is 0 Å². The van der Waals surface area contributed by atoms with E-state index >= 15 is 0 Å². The van der Waals surface area contributed by atoms with Gasteiger partial charge in [0.05, 0.1) is 0 Å². The first-order valence-electron chi connectivity index (χ1n) is 17.7. The number of hydrogen-bond acceptors (Lipinski definition) is 1. The van der Waals surface area contributed by atoms with E-state index in [1.54, 1.807) is 5.57 Å². The second-order valence-electron chi connectivity index (χ2n) is 12.9. The van der Waals surface area contributed by atoms with Crippen LogP contribution in [-0.4, -0.2) is 6.54 Å². The third-order valence-electron chi connectivity index (χ3n) is 9.54.